The summed E-state index contributed by atoms with van der Waals surface area (Å²) in [5.41, 5.74) is 11.4. The molecular formula is C24H35N7O. The van der Waals surface area contributed by atoms with E-state index in [2.05, 4.69) is 48.0 Å². The second kappa shape index (κ2) is 14.2. The van der Waals surface area contributed by atoms with Gasteiger partial charge in [-0.1, -0.05) is 38.0 Å². The fourth-order valence-corrected chi connectivity index (χ4v) is 2.68. The Bertz CT molecular complexity index is 895. The predicted octanol–water partition coefficient (Wildman–Crippen LogP) is 2.02. The zero-order valence-corrected chi connectivity index (χ0v) is 19.2. The summed E-state index contributed by atoms with van der Waals surface area (Å²) in [5.74, 6) is 6.14. The van der Waals surface area contributed by atoms with Crippen molar-refractivity contribution >= 4 is 6.21 Å². The maximum atomic E-state index is 9.50. The molecule has 0 aliphatic rings. The third-order valence-electron chi connectivity index (χ3n) is 4.37. The van der Waals surface area contributed by atoms with Crippen molar-refractivity contribution in [2.24, 2.45) is 5.73 Å². The van der Waals surface area contributed by atoms with Gasteiger partial charge in [-0.05, 0) is 24.6 Å². The molecule has 7 N–H and O–H groups in total. The molecule has 0 bridgehead atoms. The standard InChI is InChI=1S/C24H35N7O/c1-6-14-30(4)20(3)19(2)28-24(29-31(5)15-12-25)22(17-26)18-27-13-8-10-21-9-7-11-23(32)16-21/h7,9,11-12,15-18,24,26-29,32H,2-3,6,13-14,25H2,1,4-5H3/b15-12-,22-18+,26-17?. The zero-order chi connectivity index (χ0) is 23.9. The van der Waals surface area contributed by atoms with E-state index in [0.717, 1.165) is 24.2 Å². The summed E-state index contributed by atoms with van der Waals surface area (Å²) < 4.78 is 0. The Balaban J connectivity index is 2.90. The highest BCUT2D eigenvalue weighted by atomic mass is 16.3. The van der Waals surface area contributed by atoms with Crippen molar-refractivity contribution in [1.82, 2.24) is 26.0 Å². The van der Waals surface area contributed by atoms with Gasteiger partial charge in [-0.15, -0.1) is 0 Å². The topological polar surface area (TPSA) is 113 Å². The van der Waals surface area contributed by atoms with Crippen LogP contribution in [0.4, 0.5) is 0 Å². The second-order valence-electron chi connectivity index (χ2n) is 7.03. The monoisotopic (exact) mass is 437 g/mol. The molecule has 1 rings (SSSR count). The summed E-state index contributed by atoms with van der Waals surface area (Å²) in [6.45, 7) is 11.5. The molecule has 1 atom stereocenters. The number of rotatable bonds is 13. The second-order valence-corrected chi connectivity index (χ2v) is 7.03. The summed E-state index contributed by atoms with van der Waals surface area (Å²) in [5, 5.41) is 25.4. The maximum absolute atomic E-state index is 9.50. The van der Waals surface area contributed by atoms with Gasteiger partial charge in [0.15, 0.2) is 0 Å². The van der Waals surface area contributed by atoms with Crippen LogP contribution in [0, 0.1) is 17.3 Å². The van der Waals surface area contributed by atoms with Gasteiger partial charge in [0.25, 0.3) is 0 Å². The van der Waals surface area contributed by atoms with E-state index in [9.17, 15) is 5.11 Å². The molecular weight excluding hydrogens is 402 g/mol. The van der Waals surface area contributed by atoms with Gasteiger partial charge in [0, 0.05) is 56.6 Å². The molecule has 0 heterocycles. The highest BCUT2D eigenvalue weighted by Gasteiger charge is 2.16. The van der Waals surface area contributed by atoms with E-state index in [1.165, 1.54) is 12.4 Å². The molecule has 1 aromatic rings. The van der Waals surface area contributed by atoms with Crippen LogP contribution in [0.15, 0.2) is 73.0 Å². The van der Waals surface area contributed by atoms with Crippen molar-refractivity contribution in [3.8, 4) is 17.6 Å². The maximum Gasteiger partial charge on any atom is 0.123 e. The number of nitrogens with zero attached hydrogens (tertiary/aromatic N) is 2. The van der Waals surface area contributed by atoms with Gasteiger partial charge in [0.2, 0.25) is 0 Å². The summed E-state index contributed by atoms with van der Waals surface area (Å²) in [7, 11) is 3.76. The van der Waals surface area contributed by atoms with Crippen LogP contribution in [0.2, 0.25) is 0 Å². The average molecular weight is 438 g/mol. The lowest BCUT2D eigenvalue weighted by Gasteiger charge is -2.30. The molecule has 0 saturated heterocycles. The number of phenols is 1. The zero-order valence-electron chi connectivity index (χ0n) is 19.2. The Morgan fingerprint density at radius 1 is 1.34 bits per heavy atom. The Morgan fingerprint density at radius 3 is 2.72 bits per heavy atom. The fraction of sp³-hybridized carbons (Fsp3) is 0.292. The molecule has 8 nitrogen and oxygen atoms in total. The molecule has 0 fully saturated rings. The first kappa shape index (κ1) is 26.2. The molecule has 0 spiro atoms. The van der Waals surface area contributed by atoms with Crippen LogP contribution < -0.4 is 21.8 Å². The number of phenolic OH excluding ortho intramolecular Hbond substituents is 1. The smallest absolute Gasteiger partial charge is 0.123 e. The highest BCUT2D eigenvalue weighted by Crippen LogP contribution is 2.11. The molecule has 172 valence electrons. The van der Waals surface area contributed by atoms with Crippen LogP contribution in [-0.2, 0) is 0 Å². The highest BCUT2D eigenvalue weighted by molar-refractivity contribution is 5.77. The SMILES string of the molecule is C=C(NC(NN(C)/C=C\N)/C(C=N)=C/NCC#Cc1cccc(O)c1)C(=C)N(C)CCC. The number of aromatic hydroxyl groups is 1. The normalized spacial score (nSPS) is 11.8. The van der Waals surface area contributed by atoms with Crippen LogP contribution in [0.25, 0.3) is 0 Å². The van der Waals surface area contributed by atoms with Crippen molar-refractivity contribution in [3.63, 3.8) is 0 Å². The van der Waals surface area contributed by atoms with Crippen molar-refractivity contribution < 1.29 is 5.11 Å². The van der Waals surface area contributed by atoms with E-state index in [1.54, 1.807) is 42.7 Å². The molecule has 0 saturated carbocycles. The van der Waals surface area contributed by atoms with Crippen LogP contribution in [0.3, 0.4) is 0 Å². The van der Waals surface area contributed by atoms with E-state index in [-0.39, 0.29) is 5.75 Å². The van der Waals surface area contributed by atoms with Gasteiger partial charge >= 0.3 is 0 Å². The third kappa shape index (κ3) is 9.32. The number of hydrazine groups is 1. The summed E-state index contributed by atoms with van der Waals surface area (Å²) in [6, 6.07) is 6.77. The van der Waals surface area contributed by atoms with Crippen LogP contribution >= 0.6 is 0 Å². The first-order chi connectivity index (χ1) is 15.3. The minimum Gasteiger partial charge on any atom is -0.508 e. The van der Waals surface area contributed by atoms with Crippen LogP contribution in [0.1, 0.15) is 18.9 Å². The Kier molecular flexibility index (Phi) is 11.6. The van der Waals surface area contributed by atoms with E-state index in [0.29, 0.717) is 17.8 Å². The lowest BCUT2D eigenvalue weighted by molar-refractivity contribution is 0.275. The minimum absolute atomic E-state index is 0.179. The predicted molar refractivity (Wildman–Crippen MR) is 132 cm³/mol. The minimum atomic E-state index is -0.473. The molecule has 1 aromatic carbocycles. The van der Waals surface area contributed by atoms with Gasteiger partial charge < -0.3 is 36.8 Å². The van der Waals surface area contributed by atoms with Gasteiger partial charge in [-0.2, -0.15) is 0 Å². The first-order valence-corrected chi connectivity index (χ1v) is 10.3. The molecule has 8 heteroatoms. The Hall–Kier alpha value is -3.83. The first-order valence-electron chi connectivity index (χ1n) is 10.3. The van der Waals surface area contributed by atoms with Crippen LogP contribution in [-0.4, -0.2) is 54.6 Å². The van der Waals surface area contributed by atoms with E-state index in [4.69, 9.17) is 11.1 Å². The molecule has 32 heavy (non-hydrogen) atoms. The number of nitrogens with one attached hydrogen (secondary N) is 4. The van der Waals surface area contributed by atoms with Crippen molar-refractivity contribution in [1.29, 1.82) is 5.41 Å². The third-order valence-corrected chi connectivity index (χ3v) is 4.37. The fourth-order valence-electron chi connectivity index (χ4n) is 2.68. The van der Waals surface area contributed by atoms with Gasteiger partial charge in [-0.3, -0.25) is 0 Å². The Morgan fingerprint density at radius 2 is 2.09 bits per heavy atom. The average Bonchev–Trinajstić information content (AvgIpc) is 2.75. The molecule has 0 aliphatic carbocycles. The van der Waals surface area contributed by atoms with Gasteiger partial charge in [-0.25, -0.2) is 5.43 Å². The summed E-state index contributed by atoms with van der Waals surface area (Å²) in [4.78, 5) is 2.03. The molecule has 1 unspecified atom stereocenters. The summed E-state index contributed by atoms with van der Waals surface area (Å²) >= 11 is 0. The van der Waals surface area contributed by atoms with E-state index in [1.807, 2.05) is 18.0 Å². The van der Waals surface area contributed by atoms with Gasteiger partial charge in [0.05, 0.1) is 17.9 Å². The number of hydrogen-bond acceptors (Lipinski definition) is 8. The largest absolute Gasteiger partial charge is 0.508 e. The summed E-state index contributed by atoms with van der Waals surface area (Å²) in [6.07, 6.45) is 6.54. The van der Waals surface area contributed by atoms with E-state index < -0.39 is 6.17 Å². The van der Waals surface area contributed by atoms with E-state index >= 15 is 0 Å². The molecule has 0 aromatic heterocycles. The van der Waals surface area contributed by atoms with Crippen molar-refractivity contribution in [3.05, 3.63) is 78.6 Å². The molecule has 0 amide bonds. The molecule has 0 aliphatic heterocycles. The molecule has 0 radical (unpaired) electrons. The van der Waals surface area contributed by atoms with Crippen molar-refractivity contribution in [2.75, 3.05) is 27.2 Å². The van der Waals surface area contributed by atoms with Crippen molar-refractivity contribution in [2.45, 2.75) is 19.5 Å². The lowest BCUT2D eigenvalue weighted by atomic mass is 10.2. The Labute approximate surface area is 191 Å². The number of hydrogen-bond donors (Lipinski definition) is 6. The number of likely N-dealkylation sites (N-methyl/N-ethyl adjacent to an activating group) is 1. The quantitative estimate of drug-likeness (QED) is 0.0699. The lowest BCUT2D eigenvalue weighted by Crippen LogP contribution is -2.50. The number of nitrogens with two attached hydrogens (primary N) is 1. The number of benzene rings is 1. The van der Waals surface area contributed by atoms with Crippen LogP contribution in [0.5, 0.6) is 5.75 Å². The van der Waals surface area contributed by atoms with Gasteiger partial charge in [0.1, 0.15) is 11.9 Å².